The van der Waals surface area contributed by atoms with Gasteiger partial charge in [-0.3, -0.25) is 14.6 Å². The van der Waals surface area contributed by atoms with Crippen molar-refractivity contribution >= 4 is 29.2 Å². The fraction of sp³-hybridized carbons (Fsp3) is 0.553. The first-order valence-electron chi connectivity index (χ1n) is 16.5. The van der Waals surface area contributed by atoms with Crippen LogP contribution in [-0.2, 0) is 25.5 Å². The molecule has 1 aliphatic rings. The van der Waals surface area contributed by atoms with Crippen molar-refractivity contribution in [2.45, 2.75) is 105 Å². The first-order chi connectivity index (χ1) is 22.8. The van der Waals surface area contributed by atoms with Crippen LogP contribution in [0.5, 0.6) is 5.75 Å². The van der Waals surface area contributed by atoms with E-state index in [9.17, 15) is 22.8 Å². The number of aliphatic imine (C=N–C) groups is 1. The summed E-state index contributed by atoms with van der Waals surface area (Å²) in [5.41, 5.74) is 3.50. The first kappa shape index (κ1) is 41.8. The standard InChI is InChI=1S/C34H47ClN2O5.C4H5F3/c1-9-26-27(11-10-12-29(26)40-8)33(28-20-25(35)14-13-22(28)2)41-30(23(3)36-7)21-31(38)37-17-15-24(16-18-37)19-32(39)42-34(4,5)6;1-3(2)4(5,6)7/h10-14,20,24,30,33H,9,15-19,21H2,1-8H3;1H2,2H3/t30-,33-;/m1./s1. The lowest BCUT2D eigenvalue weighted by atomic mass is 9.91. The molecule has 7 nitrogen and oxygen atoms in total. The van der Waals surface area contributed by atoms with E-state index in [1.165, 1.54) is 0 Å². The van der Waals surface area contributed by atoms with E-state index in [0.29, 0.717) is 24.5 Å². The second-order valence-electron chi connectivity index (χ2n) is 13.3. The number of nitrogens with zero attached hydrogens (tertiary/aromatic N) is 2. The van der Waals surface area contributed by atoms with E-state index >= 15 is 0 Å². The summed E-state index contributed by atoms with van der Waals surface area (Å²) in [4.78, 5) is 32.2. The average Bonchev–Trinajstić information content (AvgIpc) is 3.02. The second kappa shape index (κ2) is 18.6. The number of methoxy groups -OCH3 is 1. The molecule has 1 aliphatic heterocycles. The summed E-state index contributed by atoms with van der Waals surface area (Å²) in [6, 6.07) is 11.8. The Hall–Kier alpha value is -3.37. The number of carbonyl (C=O) groups excluding carboxylic acids is 2. The average molecular weight is 709 g/mol. The summed E-state index contributed by atoms with van der Waals surface area (Å²) in [5, 5.41) is 0.618. The van der Waals surface area contributed by atoms with Gasteiger partial charge in [0.25, 0.3) is 0 Å². The number of carbonyl (C=O) groups is 2. The van der Waals surface area contributed by atoms with Gasteiger partial charge in [0.2, 0.25) is 5.91 Å². The van der Waals surface area contributed by atoms with Crippen molar-refractivity contribution in [3.05, 3.63) is 75.8 Å². The number of hydrogen-bond acceptors (Lipinski definition) is 6. The fourth-order valence-electron chi connectivity index (χ4n) is 5.50. The van der Waals surface area contributed by atoms with Gasteiger partial charge in [-0.25, -0.2) is 0 Å². The Labute approximate surface area is 294 Å². The van der Waals surface area contributed by atoms with E-state index in [-0.39, 0.29) is 24.2 Å². The van der Waals surface area contributed by atoms with Gasteiger partial charge in [-0.15, -0.1) is 0 Å². The van der Waals surface area contributed by atoms with Gasteiger partial charge < -0.3 is 19.1 Å². The molecule has 1 heterocycles. The van der Waals surface area contributed by atoms with Gasteiger partial charge in [0, 0.05) is 42.9 Å². The zero-order valence-electron chi connectivity index (χ0n) is 30.3. The molecule has 0 unspecified atom stereocenters. The Balaban J connectivity index is 0.00000107. The Morgan fingerprint density at radius 2 is 1.69 bits per heavy atom. The molecule has 0 N–H and O–H groups in total. The molecule has 1 fully saturated rings. The number of likely N-dealkylation sites (tertiary alicyclic amines) is 1. The lowest BCUT2D eigenvalue weighted by Gasteiger charge is -2.34. The summed E-state index contributed by atoms with van der Waals surface area (Å²) in [6.07, 6.45) is -2.38. The van der Waals surface area contributed by atoms with Gasteiger partial charge in [0.05, 0.1) is 13.5 Å². The molecule has 3 rings (SSSR count). The SMILES string of the molecule is C=C(C)C(F)(F)F.CCc1c(OC)cccc1[C@@H](O[C@H](CC(=O)N1CCC(CC(=O)OC(C)(C)C)CC1)C(C)=NC)c1cc(Cl)ccc1C. The Bertz CT molecular complexity index is 1460. The summed E-state index contributed by atoms with van der Waals surface area (Å²) in [7, 11) is 3.39. The molecule has 49 heavy (non-hydrogen) atoms. The maximum Gasteiger partial charge on any atom is 0.411 e. The largest absolute Gasteiger partial charge is 0.496 e. The molecule has 0 spiro atoms. The maximum atomic E-state index is 13.6. The third-order valence-electron chi connectivity index (χ3n) is 8.35. The normalized spacial score (nSPS) is 15.5. The predicted molar refractivity (Wildman–Crippen MR) is 190 cm³/mol. The highest BCUT2D eigenvalue weighted by Crippen LogP contribution is 2.37. The number of amides is 1. The zero-order valence-corrected chi connectivity index (χ0v) is 31.1. The van der Waals surface area contributed by atoms with E-state index in [4.69, 9.17) is 25.8 Å². The number of benzene rings is 2. The van der Waals surface area contributed by atoms with Crippen LogP contribution in [0.25, 0.3) is 0 Å². The molecule has 2 aromatic carbocycles. The minimum absolute atomic E-state index is 0.0154. The molecular formula is C38H52ClF3N2O5. The second-order valence-corrected chi connectivity index (χ2v) is 13.8. The number of esters is 1. The summed E-state index contributed by atoms with van der Waals surface area (Å²) in [5.74, 6) is 0.847. The number of aryl methyl sites for hydroxylation is 1. The topological polar surface area (TPSA) is 77.4 Å². The Kier molecular flexibility index (Phi) is 15.8. The molecule has 0 aromatic heterocycles. The van der Waals surface area contributed by atoms with E-state index in [1.54, 1.807) is 14.2 Å². The van der Waals surface area contributed by atoms with Crippen molar-refractivity contribution in [3.63, 3.8) is 0 Å². The third-order valence-corrected chi connectivity index (χ3v) is 8.59. The van der Waals surface area contributed by atoms with Gasteiger partial charge in [-0.05, 0) is 107 Å². The van der Waals surface area contributed by atoms with Crippen molar-refractivity contribution in [1.82, 2.24) is 4.90 Å². The number of hydrogen-bond donors (Lipinski definition) is 0. The van der Waals surface area contributed by atoms with Crippen LogP contribution in [0.1, 0.15) is 95.6 Å². The van der Waals surface area contributed by atoms with Crippen molar-refractivity contribution < 1.29 is 37.0 Å². The number of halogens is 4. The van der Waals surface area contributed by atoms with Crippen LogP contribution in [0, 0.1) is 12.8 Å². The zero-order chi connectivity index (χ0) is 37.1. The molecule has 0 radical (unpaired) electrons. The highest BCUT2D eigenvalue weighted by Gasteiger charge is 2.32. The molecule has 0 bridgehead atoms. The summed E-state index contributed by atoms with van der Waals surface area (Å²) < 4.78 is 51.3. The minimum Gasteiger partial charge on any atom is -0.496 e. The molecule has 1 amide bonds. The number of piperidine rings is 1. The van der Waals surface area contributed by atoms with E-state index in [1.807, 2.05) is 69.9 Å². The molecule has 272 valence electrons. The molecular weight excluding hydrogens is 657 g/mol. The summed E-state index contributed by atoms with van der Waals surface area (Å²) in [6.45, 7) is 16.5. The van der Waals surface area contributed by atoms with Crippen LogP contribution in [-0.4, -0.2) is 67.6 Å². The number of alkyl halides is 3. The lowest BCUT2D eigenvalue weighted by molar-refractivity contribution is -0.156. The van der Waals surface area contributed by atoms with Gasteiger partial charge in [-0.2, -0.15) is 13.2 Å². The number of rotatable bonds is 11. The van der Waals surface area contributed by atoms with Crippen LogP contribution >= 0.6 is 11.6 Å². The lowest BCUT2D eigenvalue weighted by Crippen LogP contribution is -2.42. The third kappa shape index (κ3) is 13.1. The van der Waals surface area contributed by atoms with Crippen LogP contribution in [0.3, 0.4) is 0 Å². The van der Waals surface area contributed by atoms with Crippen molar-refractivity contribution in [1.29, 1.82) is 0 Å². The highest BCUT2D eigenvalue weighted by molar-refractivity contribution is 6.30. The van der Waals surface area contributed by atoms with Crippen LogP contribution in [0.4, 0.5) is 13.2 Å². The molecule has 2 atom stereocenters. The molecule has 11 heteroatoms. The highest BCUT2D eigenvalue weighted by atomic mass is 35.5. The van der Waals surface area contributed by atoms with Crippen LogP contribution in [0.15, 0.2) is 53.5 Å². The molecule has 2 aromatic rings. The van der Waals surface area contributed by atoms with E-state index < -0.39 is 29.6 Å². The quantitative estimate of drug-likeness (QED) is 0.132. The summed E-state index contributed by atoms with van der Waals surface area (Å²) >= 11 is 6.47. The number of allylic oxidation sites excluding steroid dienone is 1. The van der Waals surface area contributed by atoms with Gasteiger partial charge >= 0.3 is 12.1 Å². The number of ether oxygens (including phenoxy) is 3. The van der Waals surface area contributed by atoms with Gasteiger partial charge in [-0.1, -0.05) is 43.3 Å². The molecule has 0 saturated carbocycles. The minimum atomic E-state index is -4.19. The Morgan fingerprint density at radius 3 is 2.20 bits per heavy atom. The van der Waals surface area contributed by atoms with E-state index in [2.05, 4.69) is 24.6 Å². The van der Waals surface area contributed by atoms with Crippen molar-refractivity contribution in [2.75, 3.05) is 27.2 Å². The molecule has 0 aliphatic carbocycles. The van der Waals surface area contributed by atoms with Gasteiger partial charge in [0.1, 0.15) is 23.6 Å². The van der Waals surface area contributed by atoms with Crippen molar-refractivity contribution in [2.24, 2.45) is 10.9 Å². The van der Waals surface area contributed by atoms with Crippen LogP contribution in [0.2, 0.25) is 5.02 Å². The Morgan fingerprint density at radius 1 is 1.08 bits per heavy atom. The predicted octanol–water partition coefficient (Wildman–Crippen LogP) is 9.27. The van der Waals surface area contributed by atoms with Gasteiger partial charge in [0.15, 0.2) is 0 Å². The first-order valence-corrected chi connectivity index (χ1v) is 16.9. The van der Waals surface area contributed by atoms with E-state index in [0.717, 1.165) is 59.9 Å². The molecule has 1 saturated heterocycles. The van der Waals surface area contributed by atoms with Crippen LogP contribution < -0.4 is 4.74 Å². The smallest absolute Gasteiger partial charge is 0.411 e. The maximum absolute atomic E-state index is 13.6. The monoisotopic (exact) mass is 708 g/mol. The fourth-order valence-corrected chi connectivity index (χ4v) is 5.68. The van der Waals surface area contributed by atoms with Crippen molar-refractivity contribution in [3.8, 4) is 5.75 Å².